The second-order valence-electron chi connectivity index (χ2n) is 3.87. The van der Waals surface area contributed by atoms with Crippen LogP contribution in [0, 0.1) is 11.7 Å². The van der Waals surface area contributed by atoms with Gasteiger partial charge in [-0.2, -0.15) is 13.2 Å². The minimum atomic E-state index is -4.61. The van der Waals surface area contributed by atoms with Gasteiger partial charge in [0, 0.05) is 0 Å². The van der Waals surface area contributed by atoms with E-state index in [1.54, 1.807) is 0 Å². The van der Waals surface area contributed by atoms with Crippen molar-refractivity contribution in [1.82, 2.24) is 0 Å². The summed E-state index contributed by atoms with van der Waals surface area (Å²) in [7, 11) is 0. The molecule has 0 aliphatic carbocycles. The summed E-state index contributed by atoms with van der Waals surface area (Å²) in [5.74, 6) is -1.01. The molecule has 4 heteroatoms. The second kappa shape index (κ2) is 4.21. The molecule has 0 unspecified atom stereocenters. The highest BCUT2D eigenvalue weighted by Gasteiger charge is 2.34. The Hall–Kier alpha value is -1.06. The first-order valence-electron chi connectivity index (χ1n) is 4.67. The van der Waals surface area contributed by atoms with E-state index in [4.69, 9.17) is 0 Å². The van der Waals surface area contributed by atoms with Crippen LogP contribution in [0.1, 0.15) is 25.0 Å². The average molecular weight is 220 g/mol. The van der Waals surface area contributed by atoms with Crippen LogP contribution in [0.3, 0.4) is 0 Å². The highest BCUT2D eigenvalue weighted by atomic mass is 19.4. The molecule has 0 nitrogen and oxygen atoms in total. The minimum absolute atomic E-state index is 0.125. The predicted molar refractivity (Wildman–Crippen MR) is 49.9 cm³/mol. The van der Waals surface area contributed by atoms with Gasteiger partial charge in [-0.3, -0.25) is 0 Å². The fourth-order valence-corrected chi connectivity index (χ4v) is 1.40. The third kappa shape index (κ3) is 2.94. The molecule has 0 spiro atoms. The van der Waals surface area contributed by atoms with Crippen molar-refractivity contribution < 1.29 is 17.6 Å². The number of benzene rings is 1. The smallest absolute Gasteiger partial charge is 0.206 e. The second-order valence-corrected chi connectivity index (χ2v) is 3.87. The van der Waals surface area contributed by atoms with Gasteiger partial charge in [-0.25, -0.2) is 4.39 Å². The summed E-state index contributed by atoms with van der Waals surface area (Å²) < 4.78 is 50.4. The lowest BCUT2D eigenvalue weighted by atomic mass is 10.00. The fourth-order valence-electron chi connectivity index (χ4n) is 1.40. The standard InChI is InChI=1S/C11H12F4/c1-7(2)6-8-4-3-5-9(10(8)12)11(13,14)15/h3-5,7H,6H2,1-2H3. The molecule has 15 heavy (non-hydrogen) atoms. The number of alkyl halides is 3. The van der Waals surface area contributed by atoms with E-state index in [1.165, 1.54) is 12.1 Å². The van der Waals surface area contributed by atoms with E-state index in [0.717, 1.165) is 6.07 Å². The van der Waals surface area contributed by atoms with Gasteiger partial charge in [0.05, 0.1) is 5.56 Å². The minimum Gasteiger partial charge on any atom is -0.206 e. The number of hydrogen-bond acceptors (Lipinski definition) is 0. The van der Waals surface area contributed by atoms with E-state index < -0.39 is 17.6 Å². The van der Waals surface area contributed by atoms with Gasteiger partial charge >= 0.3 is 6.18 Å². The molecule has 0 heterocycles. The Morgan fingerprint density at radius 3 is 2.27 bits per heavy atom. The first kappa shape index (κ1) is 12.0. The van der Waals surface area contributed by atoms with Crippen molar-refractivity contribution in [3.8, 4) is 0 Å². The Kier molecular flexibility index (Phi) is 3.37. The average Bonchev–Trinajstić information content (AvgIpc) is 2.05. The highest BCUT2D eigenvalue weighted by Crippen LogP contribution is 2.32. The number of rotatable bonds is 2. The molecule has 0 fully saturated rings. The Balaban J connectivity index is 3.12. The third-order valence-corrected chi connectivity index (χ3v) is 2.01. The summed E-state index contributed by atoms with van der Waals surface area (Å²) in [6.45, 7) is 3.67. The molecule has 0 N–H and O–H groups in total. The zero-order valence-electron chi connectivity index (χ0n) is 8.53. The molecule has 1 rings (SSSR count). The van der Waals surface area contributed by atoms with E-state index in [2.05, 4.69) is 0 Å². The summed E-state index contributed by atoms with van der Waals surface area (Å²) in [5.41, 5.74) is -1.06. The molecule has 0 radical (unpaired) electrons. The summed E-state index contributed by atoms with van der Waals surface area (Å²) in [6.07, 6.45) is -4.30. The molecule has 84 valence electrons. The summed E-state index contributed by atoms with van der Waals surface area (Å²) >= 11 is 0. The van der Waals surface area contributed by atoms with Gasteiger partial charge in [-0.15, -0.1) is 0 Å². The first-order chi connectivity index (χ1) is 6.82. The normalized spacial score (nSPS) is 12.2. The zero-order chi connectivity index (χ0) is 11.6. The van der Waals surface area contributed by atoms with Gasteiger partial charge in [0.15, 0.2) is 0 Å². The van der Waals surface area contributed by atoms with Crippen molar-refractivity contribution in [1.29, 1.82) is 0 Å². The van der Waals surface area contributed by atoms with Crippen molar-refractivity contribution in [2.45, 2.75) is 26.4 Å². The van der Waals surface area contributed by atoms with Gasteiger partial charge in [0.25, 0.3) is 0 Å². The summed E-state index contributed by atoms with van der Waals surface area (Å²) in [6, 6.07) is 3.40. The monoisotopic (exact) mass is 220 g/mol. The third-order valence-electron chi connectivity index (χ3n) is 2.01. The molecule has 0 atom stereocenters. The molecular formula is C11H12F4. The maximum atomic E-state index is 13.4. The van der Waals surface area contributed by atoms with E-state index in [-0.39, 0.29) is 11.5 Å². The van der Waals surface area contributed by atoms with E-state index in [9.17, 15) is 17.6 Å². The van der Waals surface area contributed by atoms with E-state index in [0.29, 0.717) is 6.42 Å². The number of halogens is 4. The van der Waals surface area contributed by atoms with Crippen molar-refractivity contribution in [2.75, 3.05) is 0 Å². The van der Waals surface area contributed by atoms with Crippen molar-refractivity contribution in [2.24, 2.45) is 5.92 Å². The Morgan fingerprint density at radius 1 is 1.20 bits per heavy atom. The summed E-state index contributed by atoms with van der Waals surface area (Å²) in [4.78, 5) is 0. The molecule has 0 aliphatic rings. The van der Waals surface area contributed by atoms with Crippen LogP contribution in [0.15, 0.2) is 18.2 Å². The lowest BCUT2D eigenvalue weighted by molar-refractivity contribution is -0.140. The van der Waals surface area contributed by atoms with Crippen LogP contribution in [-0.2, 0) is 12.6 Å². The molecule has 1 aromatic carbocycles. The van der Waals surface area contributed by atoms with E-state index >= 15 is 0 Å². The van der Waals surface area contributed by atoms with Gasteiger partial charge < -0.3 is 0 Å². The van der Waals surface area contributed by atoms with Gasteiger partial charge in [-0.05, 0) is 24.0 Å². The van der Waals surface area contributed by atoms with Crippen molar-refractivity contribution in [3.05, 3.63) is 35.1 Å². The topological polar surface area (TPSA) is 0 Å². The van der Waals surface area contributed by atoms with Crippen LogP contribution in [-0.4, -0.2) is 0 Å². The molecule has 0 saturated carbocycles. The van der Waals surface area contributed by atoms with Crippen LogP contribution in [0.4, 0.5) is 17.6 Å². The molecular weight excluding hydrogens is 208 g/mol. The van der Waals surface area contributed by atoms with Crippen molar-refractivity contribution >= 4 is 0 Å². The molecule has 0 aromatic heterocycles. The van der Waals surface area contributed by atoms with Gasteiger partial charge in [0.1, 0.15) is 5.82 Å². The molecule has 0 amide bonds. The number of hydrogen-bond donors (Lipinski definition) is 0. The maximum Gasteiger partial charge on any atom is 0.419 e. The largest absolute Gasteiger partial charge is 0.419 e. The molecule has 1 aromatic rings. The Morgan fingerprint density at radius 2 is 1.80 bits per heavy atom. The first-order valence-corrected chi connectivity index (χ1v) is 4.67. The highest BCUT2D eigenvalue weighted by molar-refractivity contribution is 5.28. The molecule has 0 saturated heterocycles. The molecule has 0 bridgehead atoms. The SMILES string of the molecule is CC(C)Cc1cccc(C(F)(F)F)c1F. The predicted octanol–water partition coefficient (Wildman–Crippen LogP) is 4.04. The molecule has 0 aliphatic heterocycles. The lowest BCUT2D eigenvalue weighted by Gasteiger charge is -2.12. The van der Waals surface area contributed by atoms with Crippen LogP contribution in [0.2, 0.25) is 0 Å². The van der Waals surface area contributed by atoms with Gasteiger partial charge in [0.2, 0.25) is 0 Å². The zero-order valence-corrected chi connectivity index (χ0v) is 8.53. The summed E-state index contributed by atoms with van der Waals surface area (Å²) in [5, 5.41) is 0. The van der Waals surface area contributed by atoms with Crippen LogP contribution in [0.5, 0.6) is 0 Å². The lowest BCUT2D eigenvalue weighted by Crippen LogP contribution is -2.10. The Bertz CT molecular complexity index is 339. The van der Waals surface area contributed by atoms with Crippen LogP contribution < -0.4 is 0 Å². The van der Waals surface area contributed by atoms with Gasteiger partial charge in [-0.1, -0.05) is 26.0 Å². The van der Waals surface area contributed by atoms with E-state index in [1.807, 2.05) is 13.8 Å². The fraction of sp³-hybridized carbons (Fsp3) is 0.455. The van der Waals surface area contributed by atoms with Crippen LogP contribution >= 0.6 is 0 Å². The maximum absolute atomic E-state index is 13.4. The quantitative estimate of drug-likeness (QED) is 0.660. The van der Waals surface area contributed by atoms with Crippen LogP contribution in [0.25, 0.3) is 0 Å². The van der Waals surface area contributed by atoms with Crippen molar-refractivity contribution in [3.63, 3.8) is 0 Å². The Labute approximate surface area is 85.9 Å².